The van der Waals surface area contributed by atoms with Crippen LogP contribution in [0.5, 0.6) is 0 Å². The van der Waals surface area contributed by atoms with E-state index in [0.717, 1.165) is 25.2 Å². The molecule has 0 aliphatic rings. The van der Waals surface area contributed by atoms with Crippen LogP contribution >= 0.6 is 0 Å². The van der Waals surface area contributed by atoms with E-state index in [-0.39, 0.29) is 0 Å². The van der Waals surface area contributed by atoms with Crippen molar-refractivity contribution in [3.63, 3.8) is 0 Å². The maximum Gasteiger partial charge on any atom is -0.00229 e. The fourth-order valence-corrected chi connectivity index (χ4v) is 6.20. The van der Waals surface area contributed by atoms with Gasteiger partial charge in [-0.05, 0) is 104 Å². The van der Waals surface area contributed by atoms with Crippen LogP contribution in [0.15, 0.2) is 158 Å². The predicted octanol–water partition coefficient (Wildman–Crippen LogP) is 16.0. The summed E-state index contributed by atoms with van der Waals surface area (Å²) in [4.78, 5) is 0. The minimum absolute atomic E-state index is 0.589. The molecule has 0 bridgehead atoms. The van der Waals surface area contributed by atoms with Gasteiger partial charge < -0.3 is 0 Å². The Kier molecular flexibility index (Phi) is 19.5. The van der Waals surface area contributed by atoms with E-state index in [1.807, 2.05) is 0 Å². The molecule has 0 atom stereocenters. The molecule has 6 aromatic carbocycles. The van der Waals surface area contributed by atoms with Crippen molar-refractivity contribution in [2.24, 2.45) is 5.92 Å². The Labute approximate surface area is 337 Å². The van der Waals surface area contributed by atoms with E-state index in [2.05, 4.69) is 234 Å². The maximum atomic E-state index is 2.27. The molecule has 0 unspecified atom stereocenters. The third-order valence-electron chi connectivity index (χ3n) is 9.51. The molecule has 0 fully saturated rings. The molecule has 0 saturated carbocycles. The first-order valence-electron chi connectivity index (χ1n) is 20.7. The van der Waals surface area contributed by atoms with Crippen LogP contribution in [0.3, 0.4) is 0 Å². The average molecular weight is 731 g/mol. The Morgan fingerprint density at radius 3 is 0.855 bits per heavy atom. The Bertz CT molecular complexity index is 1770. The summed E-state index contributed by atoms with van der Waals surface area (Å²) in [6.45, 7) is 24.5. The minimum atomic E-state index is 0.589. The quantitative estimate of drug-likeness (QED) is 0.132. The summed E-state index contributed by atoms with van der Waals surface area (Å²) >= 11 is 0. The fourth-order valence-electron chi connectivity index (χ4n) is 6.20. The third-order valence-corrected chi connectivity index (χ3v) is 9.51. The van der Waals surface area contributed by atoms with Crippen molar-refractivity contribution in [2.75, 3.05) is 0 Å². The van der Waals surface area contributed by atoms with Gasteiger partial charge in [-0.1, -0.05) is 234 Å². The van der Waals surface area contributed by atoms with Crippen LogP contribution in [0.25, 0.3) is 0 Å². The normalized spacial score (nSPS) is 10.8. The van der Waals surface area contributed by atoms with Gasteiger partial charge in [0.1, 0.15) is 0 Å². The zero-order chi connectivity index (χ0) is 40.2. The molecule has 0 saturated heterocycles. The van der Waals surface area contributed by atoms with Gasteiger partial charge in [-0.3, -0.25) is 0 Å². The summed E-state index contributed by atoms with van der Waals surface area (Å²) in [6.07, 6.45) is 3.09. The number of rotatable bonds is 10. The van der Waals surface area contributed by atoms with E-state index >= 15 is 0 Å². The highest BCUT2D eigenvalue weighted by molar-refractivity contribution is 5.36. The highest BCUT2D eigenvalue weighted by Gasteiger charge is 2.07. The van der Waals surface area contributed by atoms with Crippen molar-refractivity contribution in [3.8, 4) is 0 Å². The molecule has 0 aliphatic carbocycles. The molecule has 0 radical (unpaired) electrons. The van der Waals surface area contributed by atoms with Gasteiger partial charge in [0.2, 0.25) is 0 Å². The Morgan fingerprint density at radius 2 is 0.545 bits per heavy atom. The molecule has 0 N–H and O–H groups in total. The van der Waals surface area contributed by atoms with E-state index in [1.54, 1.807) is 0 Å². The van der Waals surface area contributed by atoms with Crippen LogP contribution in [0.2, 0.25) is 0 Å². The van der Waals surface area contributed by atoms with Crippen molar-refractivity contribution in [2.45, 2.75) is 119 Å². The summed E-state index contributed by atoms with van der Waals surface area (Å²) in [5.74, 6) is 3.25. The van der Waals surface area contributed by atoms with Crippen LogP contribution in [-0.4, -0.2) is 0 Å². The molecule has 0 aliphatic heterocycles. The third kappa shape index (κ3) is 17.1. The van der Waals surface area contributed by atoms with E-state index in [1.165, 1.54) is 55.6 Å². The highest BCUT2D eigenvalue weighted by Crippen LogP contribution is 2.23. The average Bonchev–Trinajstić information content (AvgIpc) is 3.17. The number of hydrogen-bond donors (Lipinski definition) is 0. The molecule has 0 heterocycles. The summed E-state index contributed by atoms with van der Waals surface area (Å²) in [5, 5.41) is 0. The number of hydrogen-bond acceptors (Lipinski definition) is 0. The van der Waals surface area contributed by atoms with Gasteiger partial charge in [-0.2, -0.15) is 0 Å². The highest BCUT2D eigenvalue weighted by atomic mass is 14.1. The first-order chi connectivity index (χ1) is 26.3. The molecule has 0 spiro atoms. The summed E-state index contributed by atoms with van der Waals surface area (Å²) < 4.78 is 0. The molecule has 6 rings (SSSR count). The van der Waals surface area contributed by atoms with Gasteiger partial charge in [-0.25, -0.2) is 0 Å². The molecule has 0 amide bonds. The number of benzene rings is 6. The van der Waals surface area contributed by atoms with Crippen molar-refractivity contribution < 1.29 is 0 Å². The maximum absolute atomic E-state index is 2.27. The van der Waals surface area contributed by atoms with Crippen LogP contribution in [0, 0.1) is 5.92 Å². The fraction of sp³-hybridized carbons (Fsp3) is 0.345. The van der Waals surface area contributed by atoms with E-state index < -0.39 is 0 Å². The monoisotopic (exact) mass is 731 g/mol. The van der Waals surface area contributed by atoms with Crippen LogP contribution in [0.4, 0.5) is 0 Å². The minimum Gasteiger partial charge on any atom is -0.0630 e. The van der Waals surface area contributed by atoms with Crippen molar-refractivity contribution in [1.29, 1.82) is 0 Å². The Balaban J connectivity index is 0.000000214. The molecular formula is C55H70. The smallest absolute Gasteiger partial charge is 0.00229 e. The summed E-state index contributed by atoms with van der Waals surface area (Å²) in [5.41, 5.74) is 14.1. The lowest BCUT2D eigenvalue weighted by Gasteiger charge is -2.13. The van der Waals surface area contributed by atoms with Crippen molar-refractivity contribution in [1.82, 2.24) is 0 Å². The second-order valence-corrected chi connectivity index (χ2v) is 16.8. The predicted molar refractivity (Wildman–Crippen MR) is 244 cm³/mol. The zero-order valence-electron chi connectivity index (χ0n) is 36.0. The van der Waals surface area contributed by atoms with E-state index in [4.69, 9.17) is 0 Å². The SMILES string of the molecule is CC(C)C.CC(C)c1ccc(Cc2ccc(C(C)C)cc2)cc1.CC(C)c1ccc(Cc2ccccc2C(C)C)cc1.c1ccc(Cc2ccccc2)cc1. The lowest BCUT2D eigenvalue weighted by molar-refractivity contribution is 0.737. The van der Waals surface area contributed by atoms with Crippen molar-refractivity contribution >= 4 is 0 Å². The molecule has 0 nitrogen and oxygen atoms in total. The van der Waals surface area contributed by atoms with E-state index in [9.17, 15) is 0 Å². The van der Waals surface area contributed by atoms with Gasteiger partial charge in [0.05, 0.1) is 0 Å². The molecular weight excluding hydrogens is 661 g/mol. The summed E-state index contributed by atoms with van der Waals surface area (Å²) in [6, 6.07) is 57.0. The molecule has 0 aromatic heterocycles. The van der Waals surface area contributed by atoms with Gasteiger partial charge in [-0.15, -0.1) is 0 Å². The second-order valence-electron chi connectivity index (χ2n) is 16.8. The first kappa shape index (κ1) is 44.7. The zero-order valence-corrected chi connectivity index (χ0v) is 36.0. The molecule has 55 heavy (non-hydrogen) atoms. The second kappa shape index (κ2) is 24.0. The van der Waals surface area contributed by atoms with Gasteiger partial charge in [0.25, 0.3) is 0 Å². The summed E-state index contributed by atoms with van der Waals surface area (Å²) in [7, 11) is 0. The van der Waals surface area contributed by atoms with Crippen LogP contribution in [-0.2, 0) is 19.3 Å². The standard InChI is InChI=1S/2C19H24.C13H12.C4H10/c1-14(2)18-9-5-16(6-10-18)13-17-7-11-19(12-8-17)15(3)4;1-14(2)17-11-9-16(10-12-17)13-18-7-5-6-8-19(18)15(3)4;1-3-7-12(8-4-1)11-13-9-5-2-6-10-13;1-4(2)3/h2*5-12,14-15H,13H2,1-4H3;1-10H,11H2;4H,1-3H3. The molecule has 0 heteroatoms. The van der Waals surface area contributed by atoms with Gasteiger partial charge >= 0.3 is 0 Å². The van der Waals surface area contributed by atoms with Crippen molar-refractivity contribution in [3.05, 3.63) is 213 Å². The molecule has 290 valence electrons. The lowest BCUT2D eigenvalue weighted by atomic mass is 9.92. The topological polar surface area (TPSA) is 0 Å². The lowest BCUT2D eigenvalue weighted by Crippen LogP contribution is -1.97. The van der Waals surface area contributed by atoms with Crippen LogP contribution in [0.1, 0.15) is 155 Å². The first-order valence-corrected chi connectivity index (χ1v) is 20.7. The van der Waals surface area contributed by atoms with E-state index in [0.29, 0.717) is 23.7 Å². The Hall–Kier alpha value is -4.68. The largest absolute Gasteiger partial charge is 0.0630 e. The Morgan fingerprint density at radius 1 is 0.273 bits per heavy atom. The van der Waals surface area contributed by atoms with Gasteiger partial charge in [0, 0.05) is 0 Å². The van der Waals surface area contributed by atoms with Crippen LogP contribution < -0.4 is 0 Å². The molecule has 6 aromatic rings. The van der Waals surface area contributed by atoms with Gasteiger partial charge in [0.15, 0.2) is 0 Å².